The maximum atomic E-state index is 13.3. The van der Waals surface area contributed by atoms with Gasteiger partial charge in [-0.3, -0.25) is 4.68 Å². The van der Waals surface area contributed by atoms with Crippen LogP contribution in [0, 0.1) is 12.7 Å². The number of hydrogen-bond acceptors (Lipinski definition) is 2. The molecular formula is C13H15ClFN3. The summed E-state index contributed by atoms with van der Waals surface area (Å²) in [5, 5.41) is 7.63. The third-order valence-corrected chi connectivity index (χ3v) is 3.05. The molecule has 1 heterocycles. The Bertz CT molecular complexity index is 551. The van der Waals surface area contributed by atoms with Crippen molar-refractivity contribution >= 4 is 11.6 Å². The highest BCUT2D eigenvalue weighted by Crippen LogP contribution is 2.16. The van der Waals surface area contributed by atoms with Crippen molar-refractivity contribution in [3.8, 4) is 0 Å². The Morgan fingerprint density at radius 1 is 1.44 bits per heavy atom. The number of halogens is 2. The molecule has 5 heteroatoms. The van der Waals surface area contributed by atoms with Gasteiger partial charge in [-0.05, 0) is 31.7 Å². The van der Waals surface area contributed by atoms with E-state index in [4.69, 9.17) is 11.6 Å². The number of aryl methyl sites for hydroxylation is 1. The lowest BCUT2D eigenvalue weighted by atomic mass is 10.2. The summed E-state index contributed by atoms with van der Waals surface area (Å²) in [6, 6.07) is 4.81. The summed E-state index contributed by atoms with van der Waals surface area (Å²) in [7, 11) is 1.89. The molecule has 2 rings (SSSR count). The SMILES string of the molecule is CNCc1cn(Cc2ccc(Cl)c(F)c2)nc1C. The van der Waals surface area contributed by atoms with Crippen LogP contribution in [0.5, 0.6) is 0 Å². The van der Waals surface area contributed by atoms with E-state index < -0.39 is 5.82 Å². The summed E-state index contributed by atoms with van der Waals surface area (Å²) in [4.78, 5) is 0. The van der Waals surface area contributed by atoms with Crippen molar-refractivity contribution in [2.75, 3.05) is 7.05 Å². The molecule has 0 fully saturated rings. The average Bonchev–Trinajstić information content (AvgIpc) is 2.65. The van der Waals surface area contributed by atoms with Crippen LogP contribution in [0.15, 0.2) is 24.4 Å². The molecule has 1 aromatic carbocycles. The second-order valence-corrected chi connectivity index (χ2v) is 4.62. The zero-order valence-corrected chi connectivity index (χ0v) is 11.1. The summed E-state index contributed by atoms with van der Waals surface area (Å²) >= 11 is 5.65. The Labute approximate surface area is 111 Å². The van der Waals surface area contributed by atoms with Crippen molar-refractivity contribution in [2.24, 2.45) is 0 Å². The predicted octanol–water partition coefficient (Wildman–Crippen LogP) is 2.75. The van der Waals surface area contributed by atoms with Gasteiger partial charge in [0.25, 0.3) is 0 Å². The summed E-state index contributed by atoms with van der Waals surface area (Å²) in [5.41, 5.74) is 2.97. The van der Waals surface area contributed by atoms with Gasteiger partial charge in [0.1, 0.15) is 5.82 Å². The molecule has 0 spiro atoms. The lowest BCUT2D eigenvalue weighted by molar-refractivity contribution is 0.619. The van der Waals surface area contributed by atoms with Crippen LogP contribution in [-0.2, 0) is 13.1 Å². The molecule has 1 N–H and O–H groups in total. The van der Waals surface area contributed by atoms with Crippen LogP contribution >= 0.6 is 11.6 Å². The molecule has 0 saturated heterocycles. The lowest BCUT2D eigenvalue weighted by Crippen LogP contribution is -2.05. The Balaban J connectivity index is 2.18. The van der Waals surface area contributed by atoms with E-state index in [-0.39, 0.29) is 5.02 Å². The van der Waals surface area contributed by atoms with Crippen LogP contribution < -0.4 is 5.32 Å². The van der Waals surface area contributed by atoms with Gasteiger partial charge in [-0.15, -0.1) is 0 Å². The average molecular weight is 268 g/mol. The van der Waals surface area contributed by atoms with Crippen molar-refractivity contribution < 1.29 is 4.39 Å². The smallest absolute Gasteiger partial charge is 0.142 e. The maximum Gasteiger partial charge on any atom is 0.142 e. The highest BCUT2D eigenvalue weighted by Gasteiger charge is 2.06. The number of aromatic nitrogens is 2. The van der Waals surface area contributed by atoms with Crippen LogP contribution in [0.25, 0.3) is 0 Å². The van der Waals surface area contributed by atoms with Gasteiger partial charge in [0, 0.05) is 18.3 Å². The fourth-order valence-electron chi connectivity index (χ4n) is 1.83. The van der Waals surface area contributed by atoms with Crippen molar-refractivity contribution in [3.63, 3.8) is 0 Å². The first-order chi connectivity index (χ1) is 8.60. The minimum Gasteiger partial charge on any atom is -0.316 e. The van der Waals surface area contributed by atoms with Gasteiger partial charge in [0.15, 0.2) is 0 Å². The van der Waals surface area contributed by atoms with Crippen LogP contribution in [0.3, 0.4) is 0 Å². The molecule has 0 aliphatic carbocycles. The zero-order chi connectivity index (χ0) is 13.1. The van der Waals surface area contributed by atoms with Gasteiger partial charge in [0.05, 0.1) is 17.3 Å². The Morgan fingerprint density at radius 2 is 2.22 bits per heavy atom. The predicted molar refractivity (Wildman–Crippen MR) is 70.2 cm³/mol. The monoisotopic (exact) mass is 267 g/mol. The third-order valence-electron chi connectivity index (χ3n) is 2.74. The molecule has 96 valence electrons. The van der Waals surface area contributed by atoms with E-state index >= 15 is 0 Å². The molecule has 0 atom stereocenters. The fraction of sp³-hybridized carbons (Fsp3) is 0.308. The Hall–Kier alpha value is -1.39. The fourth-order valence-corrected chi connectivity index (χ4v) is 1.95. The van der Waals surface area contributed by atoms with E-state index in [0.29, 0.717) is 6.54 Å². The number of nitrogens with one attached hydrogen (secondary N) is 1. The molecule has 0 radical (unpaired) electrons. The van der Waals surface area contributed by atoms with Gasteiger partial charge < -0.3 is 5.32 Å². The number of rotatable bonds is 4. The van der Waals surface area contributed by atoms with Gasteiger partial charge in [-0.1, -0.05) is 17.7 Å². The highest BCUT2D eigenvalue weighted by atomic mass is 35.5. The summed E-state index contributed by atoms with van der Waals surface area (Å²) in [6.07, 6.45) is 1.97. The number of nitrogens with zero attached hydrogens (tertiary/aromatic N) is 2. The standard InChI is InChI=1S/C13H15ClFN3/c1-9-11(6-16-2)8-18(17-9)7-10-3-4-12(14)13(15)5-10/h3-5,8,16H,6-7H2,1-2H3. The number of hydrogen-bond donors (Lipinski definition) is 1. The quantitative estimate of drug-likeness (QED) is 0.923. The van der Waals surface area contributed by atoms with Gasteiger partial charge in [-0.25, -0.2) is 4.39 Å². The summed E-state index contributed by atoms with van der Waals surface area (Å²) in [6.45, 7) is 3.28. The van der Waals surface area contributed by atoms with Gasteiger partial charge in [-0.2, -0.15) is 5.10 Å². The zero-order valence-electron chi connectivity index (χ0n) is 10.4. The molecule has 0 amide bonds. The van der Waals surface area contributed by atoms with Crippen molar-refractivity contribution in [2.45, 2.75) is 20.0 Å². The maximum absolute atomic E-state index is 13.3. The van der Waals surface area contributed by atoms with Crippen LogP contribution in [0.2, 0.25) is 5.02 Å². The van der Waals surface area contributed by atoms with Crippen molar-refractivity contribution in [3.05, 3.63) is 52.1 Å². The van der Waals surface area contributed by atoms with E-state index in [9.17, 15) is 4.39 Å². The van der Waals surface area contributed by atoms with E-state index in [0.717, 1.165) is 23.4 Å². The highest BCUT2D eigenvalue weighted by molar-refractivity contribution is 6.30. The molecule has 0 aliphatic heterocycles. The minimum absolute atomic E-state index is 0.145. The van der Waals surface area contributed by atoms with Gasteiger partial charge >= 0.3 is 0 Å². The van der Waals surface area contributed by atoms with E-state index in [1.807, 2.05) is 24.9 Å². The molecule has 0 saturated carbocycles. The summed E-state index contributed by atoms with van der Waals surface area (Å²) < 4.78 is 15.1. The first-order valence-electron chi connectivity index (χ1n) is 5.71. The van der Waals surface area contributed by atoms with Crippen LogP contribution in [0.4, 0.5) is 4.39 Å². The van der Waals surface area contributed by atoms with Crippen LogP contribution in [-0.4, -0.2) is 16.8 Å². The topological polar surface area (TPSA) is 29.9 Å². The minimum atomic E-state index is -0.395. The Kier molecular flexibility index (Phi) is 3.99. The van der Waals surface area contributed by atoms with Crippen molar-refractivity contribution in [1.29, 1.82) is 0 Å². The first kappa shape index (κ1) is 13.1. The normalized spacial score (nSPS) is 10.9. The van der Waals surface area contributed by atoms with E-state index in [1.54, 1.807) is 12.1 Å². The molecule has 18 heavy (non-hydrogen) atoms. The summed E-state index contributed by atoms with van der Waals surface area (Å²) in [5.74, 6) is -0.395. The molecule has 0 unspecified atom stereocenters. The molecule has 1 aromatic heterocycles. The second-order valence-electron chi connectivity index (χ2n) is 4.22. The second kappa shape index (κ2) is 5.50. The van der Waals surface area contributed by atoms with Crippen LogP contribution in [0.1, 0.15) is 16.8 Å². The van der Waals surface area contributed by atoms with Crippen molar-refractivity contribution in [1.82, 2.24) is 15.1 Å². The van der Waals surface area contributed by atoms with E-state index in [1.165, 1.54) is 6.07 Å². The lowest BCUT2D eigenvalue weighted by Gasteiger charge is -2.03. The molecule has 3 nitrogen and oxygen atoms in total. The van der Waals surface area contributed by atoms with Gasteiger partial charge in [0.2, 0.25) is 0 Å². The Morgan fingerprint density at radius 3 is 2.89 bits per heavy atom. The number of benzene rings is 1. The third kappa shape index (κ3) is 2.89. The molecular weight excluding hydrogens is 253 g/mol. The molecule has 2 aromatic rings. The molecule has 0 aliphatic rings. The van der Waals surface area contributed by atoms with E-state index in [2.05, 4.69) is 10.4 Å². The molecule has 0 bridgehead atoms. The largest absolute Gasteiger partial charge is 0.316 e. The first-order valence-corrected chi connectivity index (χ1v) is 6.09.